The van der Waals surface area contributed by atoms with Crippen molar-refractivity contribution >= 4 is 23.5 Å². The average molecular weight is 415 g/mol. The van der Waals surface area contributed by atoms with Crippen LogP contribution >= 0.6 is 0 Å². The number of anilines is 1. The molecule has 2 heterocycles. The highest BCUT2D eigenvalue weighted by Gasteiger charge is 2.56. The third kappa shape index (κ3) is 3.38. The van der Waals surface area contributed by atoms with E-state index in [1.807, 2.05) is 24.3 Å². The van der Waals surface area contributed by atoms with Gasteiger partial charge in [-0.3, -0.25) is 14.5 Å². The molecule has 3 fully saturated rings. The first-order valence-corrected chi connectivity index (χ1v) is 10.7. The van der Waals surface area contributed by atoms with Crippen LogP contribution < -0.4 is 9.64 Å². The summed E-state index contributed by atoms with van der Waals surface area (Å²) in [5, 5.41) is 0. The van der Waals surface area contributed by atoms with Crippen LogP contribution in [0.3, 0.4) is 0 Å². The van der Waals surface area contributed by atoms with Crippen LogP contribution in [0.5, 0.6) is 5.75 Å². The molecule has 0 N–H and O–H groups in total. The number of likely N-dealkylation sites (N-methyl/N-ethyl adjacent to an activating group) is 1. The number of urea groups is 1. The van der Waals surface area contributed by atoms with Gasteiger partial charge < -0.3 is 19.4 Å². The van der Waals surface area contributed by atoms with Gasteiger partial charge in [0.15, 0.2) is 0 Å². The van der Waals surface area contributed by atoms with Crippen LogP contribution in [-0.2, 0) is 9.59 Å². The summed E-state index contributed by atoms with van der Waals surface area (Å²) in [7, 11) is 3.35. The Bertz CT molecular complexity index is 828. The molecule has 4 rings (SSSR count). The van der Waals surface area contributed by atoms with Gasteiger partial charge in [0.25, 0.3) is 5.91 Å². The summed E-state index contributed by atoms with van der Waals surface area (Å²) in [5.74, 6) is 0.444. The number of carbonyl (C=O) groups excluding carboxylic acids is 3. The minimum atomic E-state index is -0.738. The molecule has 0 bridgehead atoms. The van der Waals surface area contributed by atoms with E-state index in [1.165, 1.54) is 4.90 Å². The highest BCUT2D eigenvalue weighted by molar-refractivity contribution is 6.09. The molecule has 3 aliphatic rings. The van der Waals surface area contributed by atoms with Crippen LogP contribution in [0.25, 0.3) is 0 Å². The van der Waals surface area contributed by atoms with Crippen LogP contribution in [0.1, 0.15) is 32.1 Å². The van der Waals surface area contributed by atoms with Gasteiger partial charge in [0.2, 0.25) is 5.91 Å². The van der Waals surface area contributed by atoms with Crippen LogP contribution in [0.2, 0.25) is 0 Å². The number of methoxy groups -OCH3 is 1. The molecule has 1 saturated carbocycles. The first-order valence-electron chi connectivity index (χ1n) is 10.7. The van der Waals surface area contributed by atoms with Crippen molar-refractivity contribution in [3.63, 3.8) is 0 Å². The Morgan fingerprint density at radius 2 is 1.70 bits per heavy atom. The number of hydrogen-bond acceptors (Lipinski definition) is 5. The van der Waals surface area contributed by atoms with Crippen molar-refractivity contribution in [3.05, 3.63) is 24.3 Å². The van der Waals surface area contributed by atoms with Gasteiger partial charge in [0.1, 0.15) is 17.8 Å². The van der Waals surface area contributed by atoms with Crippen molar-refractivity contribution in [2.45, 2.75) is 37.6 Å². The highest BCUT2D eigenvalue weighted by Crippen LogP contribution is 2.39. The molecule has 4 amide bonds. The Balaban J connectivity index is 1.38. The van der Waals surface area contributed by atoms with Crippen molar-refractivity contribution < 1.29 is 19.1 Å². The normalized spacial score (nSPS) is 21.5. The third-order valence-electron chi connectivity index (χ3n) is 6.84. The van der Waals surface area contributed by atoms with Crippen molar-refractivity contribution in [2.75, 3.05) is 51.8 Å². The molecule has 0 aromatic heterocycles. The van der Waals surface area contributed by atoms with E-state index >= 15 is 0 Å². The molecule has 8 nitrogen and oxygen atoms in total. The zero-order valence-electron chi connectivity index (χ0n) is 17.8. The molecule has 30 heavy (non-hydrogen) atoms. The second-order valence-electron chi connectivity index (χ2n) is 8.36. The van der Waals surface area contributed by atoms with Crippen molar-refractivity contribution in [1.29, 1.82) is 0 Å². The number of piperazine rings is 1. The first kappa shape index (κ1) is 20.5. The predicted octanol–water partition coefficient (Wildman–Crippen LogP) is 1.94. The van der Waals surface area contributed by atoms with Gasteiger partial charge in [-0.1, -0.05) is 31.4 Å². The molecule has 0 unspecified atom stereocenters. The molecule has 1 aromatic rings. The summed E-state index contributed by atoms with van der Waals surface area (Å²) in [4.78, 5) is 45.4. The minimum Gasteiger partial charge on any atom is -0.495 e. The number of nitrogens with zero attached hydrogens (tertiary/aromatic N) is 4. The molecule has 1 spiro atoms. The molecular weight excluding hydrogens is 384 g/mol. The lowest BCUT2D eigenvalue weighted by Gasteiger charge is -2.37. The maximum Gasteiger partial charge on any atom is 0.327 e. The predicted molar refractivity (Wildman–Crippen MR) is 112 cm³/mol. The number of rotatable bonds is 4. The van der Waals surface area contributed by atoms with E-state index in [2.05, 4.69) is 4.90 Å². The first-order chi connectivity index (χ1) is 14.5. The van der Waals surface area contributed by atoms with E-state index in [-0.39, 0.29) is 24.4 Å². The Morgan fingerprint density at radius 1 is 1.03 bits per heavy atom. The zero-order valence-corrected chi connectivity index (χ0v) is 17.8. The van der Waals surface area contributed by atoms with Crippen LogP contribution in [0, 0.1) is 0 Å². The lowest BCUT2D eigenvalue weighted by atomic mass is 9.81. The smallest absolute Gasteiger partial charge is 0.327 e. The van der Waals surface area contributed by atoms with E-state index in [9.17, 15) is 14.4 Å². The number of benzene rings is 1. The van der Waals surface area contributed by atoms with E-state index in [4.69, 9.17) is 4.74 Å². The Kier molecular flexibility index (Phi) is 5.58. The molecule has 2 aliphatic heterocycles. The summed E-state index contributed by atoms with van der Waals surface area (Å²) >= 11 is 0. The quantitative estimate of drug-likeness (QED) is 0.704. The van der Waals surface area contributed by atoms with E-state index in [1.54, 1.807) is 24.0 Å². The lowest BCUT2D eigenvalue weighted by molar-refractivity contribution is -0.140. The van der Waals surface area contributed by atoms with Gasteiger partial charge in [0.05, 0.1) is 12.8 Å². The molecule has 8 heteroatoms. The Hall–Kier alpha value is -2.77. The van der Waals surface area contributed by atoms with E-state index < -0.39 is 5.54 Å². The zero-order chi connectivity index (χ0) is 21.3. The summed E-state index contributed by atoms with van der Waals surface area (Å²) in [6.45, 7) is 2.29. The average Bonchev–Trinajstić information content (AvgIpc) is 2.96. The molecule has 1 aromatic carbocycles. The molecular formula is C22H30N4O4. The van der Waals surface area contributed by atoms with Gasteiger partial charge in [0, 0.05) is 33.2 Å². The topological polar surface area (TPSA) is 73.4 Å². The van der Waals surface area contributed by atoms with E-state index in [0.29, 0.717) is 39.0 Å². The molecule has 2 saturated heterocycles. The Morgan fingerprint density at radius 3 is 2.37 bits per heavy atom. The maximum absolute atomic E-state index is 13.1. The molecule has 0 atom stereocenters. The third-order valence-corrected chi connectivity index (χ3v) is 6.84. The van der Waals surface area contributed by atoms with Crippen LogP contribution in [-0.4, -0.2) is 85.0 Å². The highest BCUT2D eigenvalue weighted by atomic mass is 16.5. The molecule has 1 aliphatic carbocycles. The second kappa shape index (κ2) is 8.16. The lowest BCUT2D eigenvalue weighted by Crippen LogP contribution is -2.52. The number of ether oxygens (including phenoxy) is 1. The summed E-state index contributed by atoms with van der Waals surface area (Å²) in [5.41, 5.74) is 0.274. The van der Waals surface area contributed by atoms with Crippen molar-refractivity contribution in [2.24, 2.45) is 0 Å². The van der Waals surface area contributed by atoms with Gasteiger partial charge in [-0.05, 0) is 25.0 Å². The molecule has 162 valence electrons. The van der Waals surface area contributed by atoms with Crippen molar-refractivity contribution in [1.82, 2.24) is 14.7 Å². The fraction of sp³-hybridized carbons (Fsp3) is 0.591. The number of amides is 4. The monoisotopic (exact) mass is 414 g/mol. The maximum atomic E-state index is 13.1. The minimum absolute atomic E-state index is 0.168. The van der Waals surface area contributed by atoms with Gasteiger partial charge >= 0.3 is 6.03 Å². The summed E-state index contributed by atoms with van der Waals surface area (Å²) in [6.07, 6.45) is 4.35. The van der Waals surface area contributed by atoms with Crippen LogP contribution in [0.4, 0.5) is 10.5 Å². The SMILES string of the molecule is COc1ccccc1N1CCN(C(=O)CN2C(=O)N(C)C3(CCCCC3)C2=O)CC1. The molecule has 0 radical (unpaired) electrons. The summed E-state index contributed by atoms with van der Waals surface area (Å²) in [6, 6.07) is 7.49. The summed E-state index contributed by atoms with van der Waals surface area (Å²) < 4.78 is 5.44. The second-order valence-corrected chi connectivity index (χ2v) is 8.36. The number of imide groups is 1. The van der Waals surface area contributed by atoms with Gasteiger partial charge in [-0.25, -0.2) is 4.79 Å². The van der Waals surface area contributed by atoms with Crippen LogP contribution in [0.15, 0.2) is 24.3 Å². The van der Waals surface area contributed by atoms with Gasteiger partial charge in [-0.2, -0.15) is 0 Å². The van der Waals surface area contributed by atoms with E-state index in [0.717, 1.165) is 30.7 Å². The fourth-order valence-electron chi connectivity index (χ4n) is 4.99. The van der Waals surface area contributed by atoms with Gasteiger partial charge in [-0.15, -0.1) is 0 Å². The number of hydrogen-bond donors (Lipinski definition) is 0. The Labute approximate surface area is 177 Å². The number of para-hydroxylation sites is 2. The largest absolute Gasteiger partial charge is 0.495 e. The fourth-order valence-corrected chi connectivity index (χ4v) is 4.99. The number of carbonyl (C=O) groups is 3. The standard InChI is InChI=1S/C22H30N4O4/c1-23-21(29)26(20(28)22(23)10-6-3-7-11-22)16-19(27)25-14-12-24(13-15-25)17-8-4-5-9-18(17)30-2/h4-5,8-9H,3,6-7,10-16H2,1-2H3. The van der Waals surface area contributed by atoms with Crippen molar-refractivity contribution in [3.8, 4) is 5.75 Å².